The van der Waals surface area contributed by atoms with Crippen molar-refractivity contribution in [1.29, 1.82) is 0 Å². The van der Waals surface area contributed by atoms with Gasteiger partial charge in [-0.25, -0.2) is 0 Å². The number of hydrogen-bond donors (Lipinski definition) is 0. The molecule has 0 rings (SSSR count). The molecule has 0 aliphatic carbocycles. The lowest BCUT2D eigenvalue weighted by molar-refractivity contribution is 0.280. The van der Waals surface area contributed by atoms with E-state index in [4.69, 9.17) is 0 Å². The molecule has 0 spiro atoms. The molecular weight excluding hydrogens is 264 g/mol. The van der Waals surface area contributed by atoms with Gasteiger partial charge in [-0.3, -0.25) is 0 Å². The molecule has 22 heavy (non-hydrogen) atoms. The van der Waals surface area contributed by atoms with Crippen LogP contribution in [0.1, 0.15) is 135 Å². The zero-order chi connectivity index (χ0) is 19.4. The Labute approximate surface area is 147 Å². The van der Waals surface area contributed by atoms with Crippen LogP contribution in [0.3, 0.4) is 0 Å². The third kappa shape index (κ3) is 36.8. The van der Waals surface area contributed by atoms with Crippen LogP contribution in [0, 0.1) is 11.8 Å². The second kappa shape index (κ2) is 58.3. The lowest BCUT2D eigenvalue weighted by atomic mass is 9.83. The maximum Gasteiger partial charge on any atom is -0.0389 e. The molecule has 0 aliphatic rings. The van der Waals surface area contributed by atoms with E-state index in [1.165, 1.54) is 38.5 Å². The summed E-state index contributed by atoms with van der Waals surface area (Å²) in [6.07, 6.45) is 8.37. The topological polar surface area (TPSA) is 0 Å². The molecule has 0 N–H and O–H groups in total. The summed E-state index contributed by atoms with van der Waals surface area (Å²) in [6, 6.07) is 0. The van der Waals surface area contributed by atoms with E-state index in [1.807, 2.05) is 69.2 Å². The normalized spacial score (nSPS) is 8.86. The van der Waals surface area contributed by atoms with E-state index in [0.29, 0.717) is 0 Å². The van der Waals surface area contributed by atoms with Crippen LogP contribution in [0.2, 0.25) is 0 Å². The molecule has 0 saturated heterocycles. The molecule has 0 fully saturated rings. The molecule has 0 aromatic carbocycles. The van der Waals surface area contributed by atoms with Crippen molar-refractivity contribution in [3.05, 3.63) is 0 Å². The minimum absolute atomic E-state index is 0.988. The van der Waals surface area contributed by atoms with E-state index < -0.39 is 0 Å². The zero-order valence-corrected chi connectivity index (χ0v) is 19.4. The standard InChI is InChI=1S/C12H26.5C2H6/c1-5-9-10-12(8-4)11(6-2)7-3;5*1-2/h11-12H,5-10H2,1-4H3;5*1-2H3. The summed E-state index contributed by atoms with van der Waals surface area (Å²) in [5, 5.41) is 0. The van der Waals surface area contributed by atoms with Gasteiger partial charge < -0.3 is 0 Å². The highest BCUT2D eigenvalue weighted by atomic mass is 14.2. The zero-order valence-electron chi connectivity index (χ0n) is 19.4. The highest BCUT2D eigenvalue weighted by molar-refractivity contribution is 4.66. The maximum absolute atomic E-state index is 2.35. The van der Waals surface area contributed by atoms with Crippen molar-refractivity contribution in [3.8, 4) is 0 Å². The molecule has 0 aromatic heterocycles. The lowest BCUT2D eigenvalue weighted by Crippen LogP contribution is -2.12. The molecule has 0 nitrogen and oxygen atoms in total. The summed E-state index contributed by atoms with van der Waals surface area (Å²) in [7, 11) is 0. The van der Waals surface area contributed by atoms with Crippen molar-refractivity contribution in [3.63, 3.8) is 0 Å². The third-order valence-corrected chi connectivity index (χ3v) is 3.17. The van der Waals surface area contributed by atoms with Crippen molar-refractivity contribution in [2.24, 2.45) is 11.8 Å². The highest BCUT2D eigenvalue weighted by Crippen LogP contribution is 2.27. The maximum atomic E-state index is 2.35. The Kier molecular flexibility index (Phi) is 100. The van der Waals surface area contributed by atoms with Crippen LogP contribution < -0.4 is 0 Å². The molecule has 0 aliphatic heterocycles. The molecule has 0 aromatic rings. The number of unbranched alkanes of at least 4 members (excludes halogenated alkanes) is 1. The van der Waals surface area contributed by atoms with Gasteiger partial charge in [0.15, 0.2) is 0 Å². The Morgan fingerprint density at radius 3 is 0.909 bits per heavy atom. The number of rotatable bonds is 7. The van der Waals surface area contributed by atoms with Crippen LogP contribution in [-0.2, 0) is 0 Å². The van der Waals surface area contributed by atoms with E-state index in [2.05, 4.69) is 27.7 Å². The van der Waals surface area contributed by atoms with E-state index in [9.17, 15) is 0 Å². The van der Waals surface area contributed by atoms with E-state index >= 15 is 0 Å². The summed E-state index contributed by atoms with van der Waals surface area (Å²) in [5.41, 5.74) is 0. The van der Waals surface area contributed by atoms with Gasteiger partial charge in [-0.05, 0) is 11.8 Å². The molecule has 1 atom stereocenters. The van der Waals surface area contributed by atoms with E-state index in [1.54, 1.807) is 0 Å². The quantitative estimate of drug-likeness (QED) is 0.437. The first-order valence-corrected chi connectivity index (χ1v) is 10.8. The average molecular weight is 321 g/mol. The average Bonchev–Trinajstić information content (AvgIpc) is 2.67. The summed E-state index contributed by atoms with van der Waals surface area (Å²) in [5.74, 6) is 1.99. The molecular formula is C22H56. The molecule has 0 bridgehead atoms. The van der Waals surface area contributed by atoms with Crippen LogP contribution in [0.4, 0.5) is 0 Å². The van der Waals surface area contributed by atoms with Gasteiger partial charge >= 0.3 is 0 Å². The molecule has 0 saturated carbocycles. The molecule has 144 valence electrons. The molecule has 1 unspecified atom stereocenters. The van der Waals surface area contributed by atoms with Gasteiger partial charge in [-0.1, -0.05) is 135 Å². The molecule has 0 amide bonds. The van der Waals surface area contributed by atoms with Crippen LogP contribution in [-0.4, -0.2) is 0 Å². The largest absolute Gasteiger partial charge is 0.0683 e. The Balaban J connectivity index is -0.0000000540. The summed E-state index contributed by atoms with van der Waals surface area (Å²) >= 11 is 0. The molecule has 0 radical (unpaired) electrons. The van der Waals surface area contributed by atoms with Gasteiger partial charge in [-0.15, -0.1) is 0 Å². The fourth-order valence-electron chi connectivity index (χ4n) is 2.19. The van der Waals surface area contributed by atoms with Crippen molar-refractivity contribution >= 4 is 0 Å². The second-order valence-corrected chi connectivity index (χ2v) is 3.89. The minimum Gasteiger partial charge on any atom is -0.0683 e. The smallest absolute Gasteiger partial charge is 0.0389 e. The Hall–Kier alpha value is 0. The van der Waals surface area contributed by atoms with Gasteiger partial charge in [-0.2, -0.15) is 0 Å². The SMILES string of the molecule is CC.CC.CC.CC.CC.CCCCC(CC)C(CC)CC. The first-order chi connectivity index (χ1) is 10.8. The fraction of sp³-hybridized carbons (Fsp3) is 1.00. The van der Waals surface area contributed by atoms with Gasteiger partial charge in [0.1, 0.15) is 0 Å². The highest BCUT2D eigenvalue weighted by Gasteiger charge is 2.15. The predicted octanol–water partition coefficient (Wildman–Crippen LogP) is 9.77. The van der Waals surface area contributed by atoms with Crippen LogP contribution >= 0.6 is 0 Å². The third-order valence-electron chi connectivity index (χ3n) is 3.17. The van der Waals surface area contributed by atoms with Crippen LogP contribution in [0.5, 0.6) is 0 Å². The van der Waals surface area contributed by atoms with Crippen LogP contribution in [0.25, 0.3) is 0 Å². The second-order valence-electron chi connectivity index (χ2n) is 3.89. The Bertz CT molecular complexity index is 82.0. The molecule has 0 heteroatoms. The fourth-order valence-corrected chi connectivity index (χ4v) is 2.19. The van der Waals surface area contributed by atoms with Crippen molar-refractivity contribution in [1.82, 2.24) is 0 Å². The van der Waals surface area contributed by atoms with Gasteiger partial charge in [0.05, 0.1) is 0 Å². The minimum atomic E-state index is 0.988. The lowest BCUT2D eigenvalue weighted by Gasteiger charge is -2.23. The monoisotopic (exact) mass is 320 g/mol. The first kappa shape index (κ1) is 37.9. The van der Waals surface area contributed by atoms with Crippen molar-refractivity contribution in [2.45, 2.75) is 135 Å². The van der Waals surface area contributed by atoms with E-state index in [0.717, 1.165) is 11.8 Å². The van der Waals surface area contributed by atoms with Gasteiger partial charge in [0.2, 0.25) is 0 Å². The van der Waals surface area contributed by atoms with Crippen molar-refractivity contribution in [2.75, 3.05) is 0 Å². The Morgan fingerprint density at radius 2 is 0.727 bits per heavy atom. The summed E-state index contributed by atoms with van der Waals surface area (Å²) in [6.45, 7) is 29.3. The van der Waals surface area contributed by atoms with Crippen LogP contribution in [0.15, 0.2) is 0 Å². The Morgan fingerprint density at radius 1 is 0.455 bits per heavy atom. The summed E-state index contributed by atoms with van der Waals surface area (Å²) in [4.78, 5) is 0. The van der Waals surface area contributed by atoms with E-state index in [-0.39, 0.29) is 0 Å². The number of hydrogen-bond acceptors (Lipinski definition) is 0. The summed E-state index contributed by atoms with van der Waals surface area (Å²) < 4.78 is 0. The predicted molar refractivity (Wildman–Crippen MR) is 114 cm³/mol. The first-order valence-electron chi connectivity index (χ1n) is 10.8. The van der Waals surface area contributed by atoms with Crippen molar-refractivity contribution < 1.29 is 0 Å². The van der Waals surface area contributed by atoms with Gasteiger partial charge in [0.25, 0.3) is 0 Å². The van der Waals surface area contributed by atoms with Gasteiger partial charge in [0, 0.05) is 0 Å². The molecule has 0 heterocycles.